The van der Waals surface area contributed by atoms with E-state index in [4.69, 9.17) is 9.47 Å². The van der Waals surface area contributed by atoms with Crippen LogP contribution in [0.5, 0.6) is 11.5 Å². The van der Waals surface area contributed by atoms with Crippen LogP contribution >= 0.6 is 0 Å². The molecule has 1 amide bonds. The molecule has 0 saturated heterocycles. The first-order valence-corrected chi connectivity index (χ1v) is 9.98. The highest BCUT2D eigenvalue weighted by Crippen LogP contribution is 2.38. The smallest absolute Gasteiger partial charge is 0.424 e. The second kappa shape index (κ2) is 10.00. The number of aryl methyl sites for hydroxylation is 2. The molecule has 0 aliphatic carbocycles. The summed E-state index contributed by atoms with van der Waals surface area (Å²) in [5, 5.41) is 12.7. The molecule has 31 heavy (non-hydrogen) atoms. The van der Waals surface area contributed by atoms with E-state index >= 15 is 0 Å². The molecule has 1 unspecified atom stereocenters. The van der Waals surface area contributed by atoms with Crippen LogP contribution in [0.2, 0.25) is 0 Å². The third-order valence-electron chi connectivity index (χ3n) is 4.91. The highest BCUT2D eigenvalue weighted by atomic mass is 19.4. The second-order valence-corrected chi connectivity index (χ2v) is 6.85. The summed E-state index contributed by atoms with van der Waals surface area (Å²) in [5.74, 6) is -0.129. The van der Waals surface area contributed by atoms with E-state index in [0.29, 0.717) is 30.9 Å². The number of hydrogen-bond donors (Lipinski definition) is 2. The van der Waals surface area contributed by atoms with Crippen molar-refractivity contribution in [2.75, 3.05) is 20.3 Å². The summed E-state index contributed by atoms with van der Waals surface area (Å²) in [4.78, 5) is 16.6. The third-order valence-corrected chi connectivity index (χ3v) is 4.91. The van der Waals surface area contributed by atoms with Gasteiger partial charge >= 0.3 is 6.18 Å². The molecule has 2 aromatic rings. The van der Waals surface area contributed by atoms with Gasteiger partial charge in [-0.05, 0) is 49.6 Å². The predicted octanol–water partition coefficient (Wildman–Crippen LogP) is 3.79. The van der Waals surface area contributed by atoms with Crippen molar-refractivity contribution in [3.8, 4) is 11.5 Å². The Kier molecular flexibility index (Phi) is 7.89. The monoisotopic (exact) mass is 440 g/mol. The largest absolute Gasteiger partial charge is 0.493 e. The van der Waals surface area contributed by atoms with Crippen molar-refractivity contribution in [3.05, 3.63) is 52.8 Å². The predicted molar refractivity (Wildman–Crippen MR) is 109 cm³/mol. The zero-order chi connectivity index (χ0) is 23.2. The van der Waals surface area contributed by atoms with Crippen molar-refractivity contribution < 1.29 is 32.5 Å². The van der Waals surface area contributed by atoms with E-state index in [1.54, 1.807) is 13.8 Å². The van der Waals surface area contributed by atoms with Crippen LogP contribution in [0.1, 0.15) is 48.1 Å². The van der Waals surface area contributed by atoms with Crippen molar-refractivity contribution in [2.45, 2.75) is 45.4 Å². The van der Waals surface area contributed by atoms with Crippen molar-refractivity contribution >= 4 is 5.91 Å². The Morgan fingerprint density at radius 2 is 1.81 bits per heavy atom. The lowest BCUT2D eigenvalue weighted by Gasteiger charge is -2.30. The number of hydrogen-bond acceptors (Lipinski definition) is 5. The molecule has 1 aromatic heterocycles. The Labute approximate surface area is 179 Å². The molecule has 0 radical (unpaired) electrons. The number of ether oxygens (including phenoxy) is 2. The Balaban J connectivity index is 2.31. The summed E-state index contributed by atoms with van der Waals surface area (Å²) in [6, 6.07) is 6.93. The van der Waals surface area contributed by atoms with Gasteiger partial charge in [-0.2, -0.15) is 13.2 Å². The maximum Gasteiger partial charge on any atom is 0.424 e. The molecule has 0 aliphatic rings. The fraction of sp³-hybridized carbons (Fsp3) is 0.455. The van der Waals surface area contributed by atoms with Gasteiger partial charge in [0, 0.05) is 11.3 Å². The van der Waals surface area contributed by atoms with E-state index in [0.717, 1.165) is 11.6 Å². The molecular formula is C22H27F3N2O4. The molecule has 6 nitrogen and oxygen atoms in total. The van der Waals surface area contributed by atoms with Crippen LogP contribution in [0.4, 0.5) is 13.2 Å². The maximum atomic E-state index is 13.8. The lowest BCUT2D eigenvalue weighted by Crippen LogP contribution is -2.51. The van der Waals surface area contributed by atoms with Crippen LogP contribution < -0.4 is 14.8 Å². The number of carbonyl (C=O) groups is 1. The van der Waals surface area contributed by atoms with Crippen LogP contribution in [-0.4, -0.2) is 42.4 Å². The summed E-state index contributed by atoms with van der Waals surface area (Å²) in [7, 11) is 1.39. The average Bonchev–Trinajstić information content (AvgIpc) is 2.76. The zero-order valence-electron chi connectivity index (χ0n) is 18.0. The zero-order valence-corrected chi connectivity index (χ0v) is 18.0. The Bertz CT molecular complexity index is 918. The number of pyridine rings is 1. The van der Waals surface area contributed by atoms with E-state index in [1.165, 1.54) is 31.4 Å². The molecule has 0 saturated carbocycles. The van der Waals surface area contributed by atoms with Crippen LogP contribution in [0, 0.1) is 0 Å². The Morgan fingerprint density at radius 3 is 2.35 bits per heavy atom. The lowest BCUT2D eigenvalue weighted by molar-refractivity contribution is -0.265. The first-order chi connectivity index (χ1) is 14.6. The number of aliphatic hydroxyl groups is 1. The van der Waals surface area contributed by atoms with Crippen LogP contribution in [0.3, 0.4) is 0 Å². The first kappa shape index (κ1) is 24.5. The maximum absolute atomic E-state index is 13.8. The summed E-state index contributed by atoms with van der Waals surface area (Å²) >= 11 is 0. The molecular weight excluding hydrogens is 413 g/mol. The number of nitrogens with zero attached hydrogens (tertiary/aromatic N) is 1. The minimum atomic E-state index is -5.05. The number of methoxy groups -OCH3 is 1. The lowest BCUT2D eigenvalue weighted by atomic mass is 9.95. The van der Waals surface area contributed by atoms with Crippen molar-refractivity contribution in [2.24, 2.45) is 0 Å². The number of alkyl halides is 3. The van der Waals surface area contributed by atoms with Gasteiger partial charge < -0.3 is 19.9 Å². The Hall–Kier alpha value is -2.81. The SMILES string of the molecule is CCOc1ccc(C(=O)NCC(O)(c2ccc(CC)c(CC)n2)C(F)(F)F)cc1OC. The standard InChI is InChI=1S/C22H27F3N2O4/c1-5-14-9-11-19(27-16(14)6-2)21(29,22(23,24)25)13-26-20(28)15-8-10-17(31-7-3)18(12-15)30-4/h8-12,29H,5-7,13H2,1-4H3,(H,26,28). The number of rotatable bonds is 9. The van der Waals surface area contributed by atoms with Crippen LogP contribution in [0.15, 0.2) is 30.3 Å². The Morgan fingerprint density at radius 1 is 1.10 bits per heavy atom. The molecule has 1 atom stereocenters. The fourth-order valence-electron chi connectivity index (χ4n) is 3.12. The van der Waals surface area contributed by atoms with Gasteiger partial charge in [0.15, 0.2) is 11.5 Å². The minimum Gasteiger partial charge on any atom is -0.493 e. The minimum absolute atomic E-state index is 0.0633. The summed E-state index contributed by atoms with van der Waals surface area (Å²) in [5.41, 5.74) is -2.55. The van der Waals surface area contributed by atoms with Crippen molar-refractivity contribution in [3.63, 3.8) is 0 Å². The summed E-state index contributed by atoms with van der Waals surface area (Å²) in [6.07, 6.45) is -4.02. The molecule has 1 aromatic carbocycles. The molecule has 0 spiro atoms. The van der Waals surface area contributed by atoms with E-state index in [-0.39, 0.29) is 11.3 Å². The highest BCUT2D eigenvalue weighted by molar-refractivity contribution is 5.95. The molecule has 0 fully saturated rings. The van der Waals surface area contributed by atoms with Gasteiger partial charge in [-0.1, -0.05) is 19.9 Å². The van der Waals surface area contributed by atoms with Gasteiger partial charge in [-0.15, -0.1) is 0 Å². The van der Waals surface area contributed by atoms with E-state index in [2.05, 4.69) is 10.3 Å². The normalized spacial score (nSPS) is 13.4. The number of halogens is 3. The van der Waals surface area contributed by atoms with Crippen molar-refractivity contribution in [1.29, 1.82) is 0 Å². The van der Waals surface area contributed by atoms with Gasteiger partial charge in [-0.3, -0.25) is 9.78 Å². The summed E-state index contributed by atoms with van der Waals surface area (Å²) < 4.78 is 52.0. The topological polar surface area (TPSA) is 80.7 Å². The number of carbonyl (C=O) groups excluding carboxylic acids is 1. The number of aromatic nitrogens is 1. The van der Waals surface area contributed by atoms with Crippen LogP contribution in [-0.2, 0) is 18.4 Å². The van der Waals surface area contributed by atoms with Crippen molar-refractivity contribution in [1.82, 2.24) is 10.3 Å². The number of amides is 1. The van der Waals surface area contributed by atoms with Gasteiger partial charge in [0.05, 0.1) is 26.0 Å². The van der Waals surface area contributed by atoms with Gasteiger partial charge in [-0.25, -0.2) is 0 Å². The number of benzene rings is 1. The van der Waals surface area contributed by atoms with Crippen LogP contribution in [0.25, 0.3) is 0 Å². The quantitative estimate of drug-likeness (QED) is 0.620. The van der Waals surface area contributed by atoms with Gasteiger partial charge in [0.2, 0.25) is 5.60 Å². The number of nitrogens with one attached hydrogen (secondary N) is 1. The highest BCUT2D eigenvalue weighted by Gasteiger charge is 2.56. The molecule has 0 bridgehead atoms. The third kappa shape index (κ3) is 5.28. The average molecular weight is 440 g/mol. The second-order valence-electron chi connectivity index (χ2n) is 6.85. The molecule has 9 heteroatoms. The van der Waals surface area contributed by atoms with Gasteiger partial charge in [0.25, 0.3) is 5.91 Å². The molecule has 2 rings (SSSR count). The van der Waals surface area contributed by atoms with Gasteiger partial charge in [0.1, 0.15) is 0 Å². The molecule has 1 heterocycles. The van der Waals surface area contributed by atoms with E-state index < -0.39 is 29.9 Å². The summed E-state index contributed by atoms with van der Waals surface area (Å²) in [6.45, 7) is 4.72. The first-order valence-electron chi connectivity index (χ1n) is 9.98. The molecule has 2 N–H and O–H groups in total. The molecule has 170 valence electrons. The molecule has 0 aliphatic heterocycles. The van der Waals surface area contributed by atoms with E-state index in [9.17, 15) is 23.1 Å². The van der Waals surface area contributed by atoms with E-state index in [1.807, 2.05) is 6.92 Å². The fourth-order valence-corrected chi connectivity index (χ4v) is 3.12.